The Labute approximate surface area is 200 Å². The van der Waals surface area contributed by atoms with Crippen LogP contribution < -0.4 is 15.3 Å². The molecule has 0 aromatic heterocycles. The van der Waals surface area contributed by atoms with Crippen LogP contribution in [0.5, 0.6) is 11.5 Å². The molecule has 0 aliphatic rings. The Morgan fingerprint density at radius 2 is 0.939 bits per heavy atom. The second kappa shape index (κ2) is 10.9. The van der Waals surface area contributed by atoms with Crippen LogP contribution in [0.15, 0.2) is 36.4 Å². The molecule has 2 aromatic rings. The Hall–Kier alpha value is -1.38. The molecule has 184 valence electrons. The molecule has 7 heteroatoms. The highest BCUT2D eigenvalue weighted by Gasteiger charge is 2.37. The first-order valence-corrected chi connectivity index (χ1v) is 15.1. The summed E-state index contributed by atoms with van der Waals surface area (Å²) in [6.07, 6.45) is -0.413. The SMILES string of the molecule is Cc1ccc(Oc2ccc(C)cc2P(=O)(OC(C)C)C(C)C)c(P(=O)(OC(C)C)C(C)C)c1. The van der Waals surface area contributed by atoms with Crippen molar-refractivity contribution in [2.75, 3.05) is 0 Å². The third kappa shape index (κ3) is 6.40. The van der Waals surface area contributed by atoms with Gasteiger partial charge in [-0.25, -0.2) is 0 Å². The molecular weight excluding hydrogens is 454 g/mol. The fourth-order valence-corrected chi connectivity index (χ4v) is 8.27. The Balaban J connectivity index is 2.71. The summed E-state index contributed by atoms with van der Waals surface area (Å²) in [6.45, 7) is 19.0. The molecule has 2 rings (SSSR count). The minimum absolute atomic E-state index is 0.206. The Morgan fingerprint density at radius 1 is 0.606 bits per heavy atom. The first-order valence-electron chi connectivity index (χ1n) is 11.7. The maximum atomic E-state index is 14.1. The Kier molecular flexibility index (Phi) is 9.21. The van der Waals surface area contributed by atoms with Gasteiger partial charge in [-0.1, -0.05) is 51.0 Å². The van der Waals surface area contributed by atoms with Crippen molar-refractivity contribution in [3.8, 4) is 11.5 Å². The quantitative estimate of drug-likeness (QED) is 0.319. The normalized spacial score (nSPS) is 15.8. The third-order valence-electron chi connectivity index (χ3n) is 5.21. The van der Waals surface area contributed by atoms with Gasteiger partial charge in [-0.15, -0.1) is 0 Å². The Morgan fingerprint density at radius 3 is 1.21 bits per heavy atom. The molecule has 0 bridgehead atoms. The van der Waals surface area contributed by atoms with Crippen LogP contribution in [0.4, 0.5) is 0 Å². The van der Waals surface area contributed by atoms with Gasteiger partial charge in [0.1, 0.15) is 11.5 Å². The van der Waals surface area contributed by atoms with Gasteiger partial charge < -0.3 is 13.8 Å². The molecule has 2 aromatic carbocycles. The zero-order valence-corrected chi connectivity index (χ0v) is 23.5. The lowest BCUT2D eigenvalue weighted by Crippen LogP contribution is -2.22. The topological polar surface area (TPSA) is 61.8 Å². The molecule has 0 N–H and O–H groups in total. The summed E-state index contributed by atoms with van der Waals surface area (Å²) < 4.78 is 46.6. The van der Waals surface area contributed by atoms with E-state index in [0.717, 1.165) is 11.1 Å². The molecular formula is C26H40O5P2. The van der Waals surface area contributed by atoms with Crippen LogP contribution in [0.3, 0.4) is 0 Å². The summed E-state index contributed by atoms with van der Waals surface area (Å²) in [4.78, 5) is 0. The Bertz CT molecular complexity index is 973. The van der Waals surface area contributed by atoms with Gasteiger partial charge in [0.2, 0.25) is 14.7 Å². The molecule has 0 saturated heterocycles. The molecule has 2 unspecified atom stereocenters. The lowest BCUT2D eigenvalue weighted by Gasteiger charge is -2.29. The fraction of sp³-hybridized carbons (Fsp3) is 0.538. The number of ether oxygens (including phenoxy) is 1. The summed E-state index contributed by atoms with van der Waals surface area (Å²) in [5, 5.41) is 1.09. The third-order valence-corrected chi connectivity index (χ3v) is 11.4. The highest BCUT2D eigenvalue weighted by molar-refractivity contribution is 7.68. The van der Waals surface area contributed by atoms with E-state index < -0.39 is 14.7 Å². The van der Waals surface area contributed by atoms with Crippen LogP contribution in [0.1, 0.15) is 66.5 Å². The van der Waals surface area contributed by atoms with Gasteiger partial charge in [-0.3, -0.25) is 9.13 Å². The van der Waals surface area contributed by atoms with E-state index in [1.54, 1.807) is 0 Å². The molecule has 0 heterocycles. The fourth-order valence-electron chi connectivity index (χ4n) is 3.57. The van der Waals surface area contributed by atoms with Crippen LogP contribution >= 0.6 is 14.7 Å². The van der Waals surface area contributed by atoms with E-state index in [9.17, 15) is 9.13 Å². The lowest BCUT2D eigenvalue weighted by molar-refractivity contribution is 0.245. The highest BCUT2D eigenvalue weighted by atomic mass is 31.2. The minimum atomic E-state index is -3.23. The molecule has 0 saturated carbocycles. The van der Waals surface area contributed by atoms with Crippen molar-refractivity contribution in [2.24, 2.45) is 0 Å². The molecule has 5 nitrogen and oxygen atoms in total. The maximum absolute atomic E-state index is 14.1. The smallest absolute Gasteiger partial charge is 0.238 e. The van der Waals surface area contributed by atoms with Crippen molar-refractivity contribution in [3.63, 3.8) is 0 Å². The average Bonchev–Trinajstić information content (AvgIpc) is 2.69. The molecule has 2 atom stereocenters. The van der Waals surface area contributed by atoms with Crippen molar-refractivity contribution >= 4 is 25.3 Å². The molecule has 0 radical (unpaired) electrons. The predicted molar refractivity (Wildman–Crippen MR) is 140 cm³/mol. The summed E-state index contributed by atoms with van der Waals surface area (Å²) in [5.41, 5.74) is 1.47. The first-order chi connectivity index (χ1) is 15.2. The number of aryl methyl sites for hydroxylation is 2. The zero-order chi connectivity index (χ0) is 25.1. The van der Waals surface area contributed by atoms with E-state index in [-0.39, 0.29) is 23.5 Å². The van der Waals surface area contributed by atoms with Crippen LogP contribution in [0, 0.1) is 13.8 Å². The molecule has 0 aliphatic heterocycles. The van der Waals surface area contributed by atoms with Crippen LogP contribution in [0.2, 0.25) is 0 Å². The molecule has 33 heavy (non-hydrogen) atoms. The van der Waals surface area contributed by atoms with Crippen LogP contribution in [-0.2, 0) is 18.2 Å². The molecule has 0 spiro atoms. The van der Waals surface area contributed by atoms with Crippen molar-refractivity contribution in [3.05, 3.63) is 47.5 Å². The summed E-state index contributed by atoms with van der Waals surface area (Å²) in [5.74, 6) is 0.895. The van der Waals surface area contributed by atoms with E-state index in [2.05, 4.69) is 0 Å². The van der Waals surface area contributed by atoms with Gasteiger partial charge in [0.05, 0.1) is 22.8 Å². The highest BCUT2D eigenvalue weighted by Crippen LogP contribution is 2.56. The summed E-state index contributed by atoms with van der Waals surface area (Å²) in [7, 11) is -6.47. The van der Waals surface area contributed by atoms with Gasteiger partial charge in [0.25, 0.3) is 0 Å². The van der Waals surface area contributed by atoms with Crippen molar-refractivity contribution in [1.29, 1.82) is 0 Å². The van der Waals surface area contributed by atoms with E-state index in [1.807, 2.05) is 106 Å². The largest absolute Gasteiger partial charge is 0.456 e. The van der Waals surface area contributed by atoms with Gasteiger partial charge in [0, 0.05) is 11.3 Å². The van der Waals surface area contributed by atoms with Crippen molar-refractivity contribution < 1.29 is 22.9 Å². The van der Waals surface area contributed by atoms with E-state index in [4.69, 9.17) is 13.8 Å². The second-order valence-electron chi connectivity index (χ2n) is 9.73. The lowest BCUT2D eigenvalue weighted by atomic mass is 10.2. The number of hydrogen-bond acceptors (Lipinski definition) is 5. The van der Waals surface area contributed by atoms with Gasteiger partial charge in [-0.05, 0) is 65.8 Å². The van der Waals surface area contributed by atoms with Crippen LogP contribution in [0.25, 0.3) is 0 Å². The minimum Gasteiger partial charge on any atom is -0.456 e. The predicted octanol–water partition coefficient (Wildman–Crippen LogP) is 7.57. The summed E-state index contributed by atoms with van der Waals surface area (Å²) in [6, 6.07) is 11.2. The van der Waals surface area contributed by atoms with Gasteiger partial charge in [-0.2, -0.15) is 0 Å². The monoisotopic (exact) mass is 494 g/mol. The van der Waals surface area contributed by atoms with E-state index in [0.29, 0.717) is 22.1 Å². The van der Waals surface area contributed by atoms with Crippen molar-refractivity contribution in [1.82, 2.24) is 0 Å². The van der Waals surface area contributed by atoms with Gasteiger partial charge >= 0.3 is 0 Å². The second-order valence-corrected chi connectivity index (χ2v) is 15.6. The van der Waals surface area contributed by atoms with Crippen LogP contribution in [-0.4, -0.2) is 23.5 Å². The number of rotatable bonds is 10. The maximum Gasteiger partial charge on any atom is 0.238 e. The van der Waals surface area contributed by atoms with E-state index in [1.165, 1.54) is 0 Å². The standard InChI is InChI=1S/C26H40O5P2/c1-17(2)30-32(27,19(5)6)25-15-21(9)11-13-23(25)29-24-14-12-22(10)16-26(24)33(28,20(7)8)31-18(3)4/h11-20H,1-10H3. The van der Waals surface area contributed by atoms with Crippen molar-refractivity contribution in [2.45, 2.75) is 92.8 Å². The average molecular weight is 495 g/mol. The number of benzene rings is 2. The molecule has 0 fully saturated rings. The zero-order valence-electron chi connectivity index (χ0n) is 21.7. The van der Waals surface area contributed by atoms with Gasteiger partial charge in [0.15, 0.2) is 0 Å². The number of hydrogen-bond donors (Lipinski definition) is 0. The molecule has 0 amide bonds. The first kappa shape index (κ1) is 27.9. The molecule has 0 aliphatic carbocycles. The van der Waals surface area contributed by atoms with E-state index >= 15 is 0 Å². The summed E-state index contributed by atoms with van der Waals surface area (Å²) >= 11 is 0.